The number of thiazole rings is 1. The molecule has 6 saturated carbocycles. The lowest BCUT2D eigenvalue weighted by atomic mass is 8.94. The van der Waals surface area contributed by atoms with E-state index in [1.54, 1.807) is 36.3 Å². The van der Waals surface area contributed by atoms with Gasteiger partial charge in [0.1, 0.15) is 16.7 Å². The first kappa shape index (κ1) is 31.9. The van der Waals surface area contributed by atoms with Gasteiger partial charge in [0, 0.05) is 31.8 Å². The van der Waals surface area contributed by atoms with Gasteiger partial charge in [0.2, 0.25) is 11.8 Å². The summed E-state index contributed by atoms with van der Waals surface area (Å²) in [6.07, 6.45) is 0.191. The molecule has 4 atom stereocenters. The highest BCUT2D eigenvalue weighted by molar-refractivity contribution is 7.09. The number of likely N-dealkylation sites (N-methyl/N-ethyl adjacent to an activating group) is 2. The van der Waals surface area contributed by atoms with E-state index in [4.69, 9.17) is 4.74 Å². The Kier molecular flexibility index (Phi) is 7.62. The molecule has 1 heterocycles. The van der Waals surface area contributed by atoms with E-state index in [-0.39, 0.29) is 95.3 Å². The summed E-state index contributed by atoms with van der Waals surface area (Å²) < 4.78 is 5.73. The Morgan fingerprint density at radius 1 is 1.04 bits per heavy atom. The molecule has 0 unspecified atom stereocenters. The number of carbonyl (C=O) groups is 5. The first-order chi connectivity index (χ1) is 21.1. The number of aliphatic carboxylic acids is 1. The number of carboxylic acid groups (broad SMARTS) is 1. The first-order valence-corrected chi connectivity index (χ1v) is 16.9. The largest absolute Gasteiger partial charge is 0.481 e. The van der Waals surface area contributed by atoms with Crippen molar-refractivity contribution < 1.29 is 33.8 Å². The zero-order valence-electron chi connectivity index (χ0n) is 27.2. The third kappa shape index (κ3) is 4.11. The van der Waals surface area contributed by atoms with Crippen molar-refractivity contribution in [2.45, 2.75) is 71.2 Å². The van der Waals surface area contributed by atoms with E-state index in [0.717, 1.165) is 0 Å². The molecule has 1 aromatic rings. The second kappa shape index (κ2) is 10.8. The van der Waals surface area contributed by atoms with Crippen LogP contribution in [0.4, 0.5) is 0 Å². The van der Waals surface area contributed by atoms with Gasteiger partial charge in [-0.1, -0.05) is 34.1 Å². The molecular formula is C32H45N5O7S. The van der Waals surface area contributed by atoms with Crippen LogP contribution in [0.5, 0.6) is 0 Å². The molecule has 45 heavy (non-hydrogen) atoms. The number of aromatic nitrogens is 1. The molecule has 3 amide bonds. The summed E-state index contributed by atoms with van der Waals surface area (Å²) >= 11 is 1.24. The first-order valence-electron chi connectivity index (χ1n) is 16.0. The van der Waals surface area contributed by atoms with Crippen LogP contribution in [0.3, 0.4) is 0 Å². The second-order valence-electron chi connectivity index (χ2n) is 14.6. The average molecular weight is 644 g/mol. The maximum absolute atomic E-state index is 13.8. The topological polar surface area (TPSA) is 158 Å². The highest BCUT2D eigenvalue weighted by Gasteiger charge is 3.12. The molecule has 12 nitrogen and oxygen atoms in total. The fourth-order valence-electron chi connectivity index (χ4n) is 10.1. The van der Waals surface area contributed by atoms with Gasteiger partial charge in [-0.05, 0) is 61.4 Å². The van der Waals surface area contributed by atoms with E-state index in [0.29, 0.717) is 11.4 Å². The van der Waals surface area contributed by atoms with Crippen LogP contribution in [0, 0.1) is 52.8 Å². The molecule has 246 valence electrons. The summed E-state index contributed by atoms with van der Waals surface area (Å²) in [4.78, 5) is 71.9. The zero-order valence-corrected chi connectivity index (χ0v) is 28.0. The number of carbonyl (C=O) groups excluding carboxylic acids is 4. The number of rotatable bonds is 15. The van der Waals surface area contributed by atoms with Gasteiger partial charge < -0.3 is 30.3 Å². The molecule has 0 aliphatic heterocycles. The maximum Gasteiger partial charge on any atom is 0.310 e. The van der Waals surface area contributed by atoms with Crippen molar-refractivity contribution in [3.05, 3.63) is 16.1 Å². The minimum Gasteiger partial charge on any atom is -0.481 e. The van der Waals surface area contributed by atoms with Crippen LogP contribution in [-0.2, 0) is 23.9 Å². The molecule has 7 rings (SSSR count). The van der Waals surface area contributed by atoms with Crippen molar-refractivity contribution in [1.82, 2.24) is 25.4 Å². The molecule has 1 aromatic heterocycles. The van der Waals surface area contributed by atoms with Crippen LogP contribution < -0.4 is 10.6 Å². The smallest absolute Gasteiger partial charge is 0.310 e. The third-order valence-corrected chi connectivity index (χ3v) is 12.9. The Hall–Kier alpha value is -3.06. The molecule has 6 fully saturated rings. The SMILES string of the molecule is CC[C@H](C)[C@H](NC(=O)CN(C)C)C(=O)N(C)[C@H](C[C@@H](OC(C)=O)c1nc(C(=O)NC23C4C5C2C2C3C4C52C(=O)O)cs1)C(C)C. The Bertz CT molecular complexity index is 1390. The van der Waals surface area contributed by atoms with Gasteiger partial charge in [-0.15, -0.1) is 11.3 Å². The fourth-order valence-corrected chi connectivity index (χ4v) is 10.9. The number of amides is 3. The number of nitrogens with one attached hydrogen (secondary N) is 2. The number of nitrogens with zero attached hydrogens (tertiary/aromatic N) is 3. The minimum absolute atomic E-state index is 0.0161. The Morgan fingerprint density at radius 2 is 1.64 bits per heavy atom. The highest BCUT2D eigenvalue weighted by Crippen LogP contribution is 3.06. The van der Waals surface area contributed by atoms with Gasteiger partial charge in [-0.3, -0.25) is 24.0 Å². The number of esters is 1. The third-order valence-electron chi connectivity index (χ3n) is 12.0. The molecular weight excluding hydrogens is 598 g/mol. The van der Waals surface area contributed by atoms with Crippen molar-refractivity contribution >= 4 is 41.0 Å². The number of hydrogen-bond acceptors (Lipinski definition) is 9. The van der Waals surface area contributed by atoms with Gasteiger partial charge >= 0.3 is 11.9 Å². The number of carboxylic acids is 1. The van der Waals surface area contributed by atoms with Gasteiger partial charge in [-0.2, -0.15) is 0 Å². The zero-order chi connectivity index (χ0) is 32.9. The predicted molar refractivity (Wildman–Crippen MR) is 164 cm³/mol. The van der Waals surface area contributed by atoms with Crippen LogP contribution in [0.2, 0.25) is 0 Å². The van der Waals surface area contributed by atoms with Crippen LogP contribution in [-0.4, -0.2) is 94.9 Å². The van der Waals surface area contributed by atoms with Crippen molar-refractivity contribution in [3.63, 3.8) is 0 Å². The standard InChI is InChI=1S/C32H45N5O7S/c1-9-14(4)26(34-19(39)11-36(6)7)29(41)37(8)17(13(2)3)10-18(44-15(5)38)28-33-16(12-45-28)27(40)35-32-23-20-24(32)22-25(32)21(23)31(20,22)30(42)43/h12-14,17-18,20-26H,9-11H2,1-8H3,(H,34,39)(H,35,40)(H,42,43)/t14-,17+,18+,20?,21?,22?,23?,24?,25?,26-,31?,32?/m0/s1. The summed E-state index contributed by atoms with van der Waals surface area (Å²) in [6, 6.07) is -1.06. The number of hydrogen-bond donors (Lipinski definition) is 3. The van der Waals surface area contributed by atoms with Crippen LogP contribution >= 0.6 is 11.3 Å². The van der Waals surface area contributed by atoms with Crippen LogP contribution in [0.15, 0.2) is 5.38 Å². The van der Waals surface area contributed by atoms with Crippen LogP contribution in [0.1, 0.15) is 69.1 Å². The summed E-state index contributed by atoms with van der Waals surface area (Å²) in [5.41, 5.74) is -0.502. The summed E-state index contributed by atoms with van der Waals surface area (Å²) in [5.74, 6) is -0.537. The lowest BCUT2D eigenvalue weighted by Gasteiger charge is -3.09. The molecule has 13 heteroatoms. The quantitative estimate of drug-likeness (QED) is 0.243. The lowest BCUT2D eigenvalue weighted by molar-refractivity contribution is -0.609. The van der Waals surface area contributed by atoms with Gasteiger partial charge in [0.25, 0.3) is 5.91 Å². The average Bonchev–Trinajstić information content (AvgIpc) is 3.47. The highest BCUT2D eigenvalue weighted by atomic mass is 32.1. The minimum atomic E-state index is -0.777. The number of ether oxygens (including phenoxy) is 1. The Morgan fingerprint density at radius 3 is 2.13 bits per heavy atom. The maximum atomic E-state index is 13.8. The van der Waals surface area contributed by atoms with E-state index in [1.807, 2.05) is 27.7 Å². The van der Waals surface area contributed by atoms with E-state index in [1.165, 1.54) is 18.3 Å². The molecule has 6 aliphatic carbocycles. The van der Waals surface area contributed by atoms with E-state index < -0.39 is 29.5 Å². The van der Waals surface area contributed by atoms with Crippen molar-refractivity contribution in [2.24, 2.45) is 52.8 Å². The molecule has 0 bridgehead atoms. The van der Waals surface area contributed by atoms with Gasteiger partial charge in [-0.25, -0.2) is 4.98 Å². The normalized spacial score (nSPS) is 34.8. The molecule has 0 aromatic carbocycles. The van der Waals surface area contributed by atoms with E-state index in [9.17, 15) is 29.1 Å². The molecule has 0 radical (unpaired) electrons. The van der Waals surface area contributed by atoms with Crippen molar-refractivity contribution in [1.29, 1.82) is 0 Å². The lowest BCUT2D eigenvalue weighted by Crippen LogP contribution is -3.16. The predicted octanol–water partition coefficient (Wildman–Crippen LogP) is 2.02. The van der Waals surface area contributed by atoms with E-state index in [2.05, 4.69) is 15.6 Å². The Balaban J connectivity index is 1.14. The second-order valence-corrected chi connectivity index (χ2v) is 15.5. The fraction of sp³-hybridized carbons (Fsp3) is 0.750. The summed E-state index contributed by atoms with van der Waals surface area (Å²) in [6.45, 7) is 9.38. The molecule has 0 spiro atoms. The van der Waals surface area contributed by atoms with Crippen molar-refractivity contribution in [3.8, 4) is 0 Å². The molecule has 0 saturated heterocycles. The summed E-state index contributed by atoms with van der Waals surface area (Å²) in [5, 5.41) is 18.0. The Labute approximate surface area is 267 Å². The van der Waals surface area contributed by atoms with Gasteiger partial charge in [0.15, 0.2) is 6.10 Å². The van der Waals surface area contributed by atoms with Crippen molar-refractivity contribution in [2.75, 3.05) is 27.7 Å². The monoisotopic (exact) mass is 643 g/mol. The summed E-state index contributed by atoms with van der Waals surface area (Å²) in [7, 11) is 5.30. The van der Waals surface area contributed by atoms with Gasteiger partial charge in [0.05, 0.1) is 17.5 Å². The van der Waals surface area contributed by atoms with E-state index >= 15 is 0 Å². The molecule has 3 N–H and O–H groups in total. The van der Waals surface area contributed by atoms with Crippen LogP contribution in [0.25, 0.3) is 0 Å². The molecule has 6 aliphatic rings.